The van der Waals surface area contributed by atoms with Crippen LogP contribution in [0.25, 0.3) is 0 Å². The van der Waals surface area contributed by atoms with Crippen LogP contribution in [-0.2, 0) is 4.79 Å². The molecule has 0 radical (unpaired) electrons. The fraction of sp³-hybridized carbons (Fsp3) is 0.300. The normalized spacial score (nSPS) is 11.9. The van der Waals surface area contributed by atoms with Crippen molar-refractivity contribution in [1.29, 1.82) is 0 Å². The van der Waals surface area contributed by atoms with Crippen LogP contribution in [0.5, 0.6) is 5.75 Å². The molecule has 1 unspecified atom stereocenters. The van der Waals surface area contributed by atoms with E-state index in [0.717, 1.165) is 6.07 Å². The number of carbonyl (C=O) groups excluding carboxylic acids is 1. The van der Waals surface area contributed by atoms with Gasteiger partial charge in [0.15, 0.2) is 11.9 Å². The zero-order valence-corrected chi connectivity index (χ0v) is 9.81. The fourth-order valence-corrected chi connectivity index (χ4v) is 1.40. The first-order valence-electron chi connectivity index (χ1n) is 4.85. The zero-order chi connectivity index (χ0) is 13.0. The molecule has 6 nitrogen and oxygen atoms in total. The van der Waals surface area contributed by atoms with E-state index in [9.17, 15) is 14.9 Å². The molecule has 0 fully saturated rings. The van der Waals surface area contributed by atoms with Crippen LogP contribution >= 0.6 is 11.6 Å². The van der Waals surface area contributed by atoms with Crippen molar-refractivity contribution in [3.8, 4) is 5.75 Å². The third kappa shape index (κ3) is 3.32. The number of nitro groups is 1. The highest BCUT2D eigenvalue weighted by Crippen LogP contribution is 2.30. The van der Waals surface area contributed by atoms with E-state index in [2.05, 4.69) is 0 Å². The number of ether oxygens (including phenoxy) is 1. The minimum atomic E-state index is -0.894. The molecular weight excluding hydrogens is 248 g/mol. The Bertz CT molecular complexity index is 450. The van der Waals surface area contributed by atoms with E-state index in [1.54, 1.807) is 6.92 Å². The number of benzene rings is 1. The van der Waals surface area contributed by atoms with Gasteiger partial charge in [-0.25, -0.2) is 0 Å². The topological polar surface area (TPSA) is 95.5 Å². The standard InChI is InChI=1S/C10H11ClN2O4/c1-2-8(10(12)14)17-9-4-3-6(11)5-7(9)13(15)16/h3-5,8H,2H2,1H3,(H2,12,14). The van der Waals surface area contributed by atoms with Gasteiger partial charge in [-0.1, -0.05) is 18.5 Å². The number of amides is 1. The van der Waals surface area contributed by atoms with Gasteiger partial charge in [0.1, 0.15) is 0 Å². The van der Waals surface area contributed by atoms with Crippen LogP contribution in [0.3, 0.4) is 0 Å². The first-order chi connectivity index (χ1) is 7.95. The number of nitrogens with zero attached hydrogens (tertiary/aromatic N) is 1. The summed E-state index contributed by atoms with van der Waals surface area (Å²) in [6.45, 7) is 1.69. The summed E-state index contributed by atoms with van der Waals surface area (Å²) in [6, 6.07) is 3.94. The maximum atomic E-state index is 11.0. The number of primary amides is 1. The van der Waals surface area contributed by atoms with Crippen molar-refractivity contribution in [1.82, 2.24) is 0 Å². The van der Waals surface area contributed by atoms with Gasteiger partial charge in [0, 0.05) is 11.1 Å². The van der Waals surface area contributed by atoms with Crippen LogP contribution in [0.15, 0.2) is 18.2 Å². The Kier molecular flexibility index (Phi) is 4.28. The number of hydrogen-bond acceptors (Lipinski definition) is 4. The minimum Gasteiger partial charge on any atom is -0.473 e. The lowest BCUT2D eigenvalue weighted by Crippen LogP contribution is -2.33. The molecule has 0 aliphatic carbocycles. The predicted molar refractivity (Wildman–Crippen MR) is 62.0 cm³/mol. The molecule has 1 amide bonds. The van der Waals surface area contributed by atoms with Crippen molar-refractivity contribution in [3.63, 3.8) is 0 Å². The summed E-state index contributed by atoms with van der Waals surface area (Å²) in [5, 5.41) is 11.0. The van der Waals surface area contributed by atoms with Crippen LogP contribution in [0, 0.1) is 10.1 Å². The van der Waals surface area contributed by atoms with Gasteiger partial charge < -0.3 is 10.5 Å². The first-order valence-corrected chi connectivity index (χ1v) is 5.23. The molecule has 0 aliphatic rings. The van der Waals surface area contributed by atoms with Crippen molar-refractivity contribution < 1.29 is 14.5 Å². The molecule has 1 aromatic carbocycles. The highest BCUT2D eigenvalue weighted by molar-refractivity contribution is 6.30. The quantitative estimate of drug-likeness (QED) is 0.644. The van der Waals surface area contributed by atoms with Gasteiger partial charge >= 0.3 is 5.69 Å². The van der Waals surface area contributed by atoms with Crippen molar-refractivity contribution >= 4 is 23.2 Å². The van der Waals surface area contributed by atoms with Gasteiger partial charge in [0.25, 0.3) is 5.91 Å². The van der Waals surface area contributed by atoms with Gasteiger partial charge in [-0.3, -0.25) is 14.9 Å². The van der Waals surface area contributed by atoms with Gasteiger partial charge in [-0.05, 0) is 18.6 Å². The van der Waals surface area contributed by atoms with E-state index in [4.69, 9.17) is 22.1 Å². The summed E-state index contributed by atoms with van der Waals surface area (Å²) in [6.07, 6.45) is -0.565. The number of rotatable bonds is 5. The Hall–Kier alpha value is -1.82. The lowest BCUT2D eigenvalue weighted by Gasteiger charge is -2.13. The summed E-state index contributed by atoms with van der Waals surface area (Å²) in [7, 11) is 0. The average molecular weight is 259 g/mol. The van der Waals surface area contributed by atoms with Crippen LogP contribution < -0.4 is 10.5 Å². The Morgan fingerprint density at radius 2 is 2.29 bits per heavy atom. The molecule has 2 N–H and O–H groups in total. The minimum absolute atomic E-state index is 0.0231. The second kappa shape index (κ2) is 5.49. The molecule has 0 spiro atoms. The van der Waals surface area contributed by atoms with E-state index in [1.807, 2.05) is 0 Å². The number of carbonyl (C=O) groups is 1. The Morgan fingerprint density at radius 1 is 1.65 bits per heavy atom. The molecule has 7 heteroatoms. The van der Waals surface area contributed by atoms with Gasteiger partial charge in [-0.2, -0.15) is 0 Å². The third-order valence-electron chi connectivity index (χ3n) is 2.08. The molecule has 0 saturated carbocycles. The molecular formula is C10H11ClN2O4. The molecule has 0 heterocycles. The molecule has 0 aliphatic heterocycles. The van der Waals surface area contributed by atoms with Crippen molar-refractivity contribution in [2.24, 2.45) is 5.73 Å². The molecule has 0 aromatic heterocycles. The first kappa shape index (κ1) is 13.2. The summed E-state index contributed by atoms with van der Waals surface area (Å²) in [5.41, 5.74) is 4.80. The van der Waals surface area contributed by atoms with Crippen molar-refractivity contribution in [2.75, 3.05) is 0 Å². The number of hydrogen-bond donors (Lipinski definition) is 1. The smallest absolute Gasteiger partial charge is 0.312 e. The number of halogens is 1. The molecule has 0 bridgehead atoms. The van der Waals surface area contributed by atoms with Crippen LogP contribution in [0.2, 0.25) is 5.02 Å². The highest BCUT2D eigenvalue weighted by atomic mass is 35.5. The second-order valence-electron chi connectivity index (χ2n) is 3.29. The maximum Gasteiger partial charge on any atom is 0.312 e. The second-order valence-corrected chi connectivity index (χ2v) is 3.72. The van der Waals surface area contributed by atoms with E-state index in [1.165, 1.54) is 12.1 Å². The maximum absolute atomic E-state index is 11.0. The van der Waals surface area contributed by atoms with Crippen LogP contribution in [0.4, 0.5) is 5.69 Å². The summed E-state index contributed by atoms with van der Waals surface area (Å²) in [4.78, 5) is 21.1. The molecule has 92 valence electrons. The zero-order valence-electron chi connectivity index (χ0n) is 9.05. The monoisotopic (exact) mass is 258 g/mol. The van der Waals surface area contributed by atoms with Gasteiger partial charge in [-0.15, -0.1) is 0 Å². The molecule has 0 saturated heterocycles. The SMILES string of the molecule is CCC(Oc1ccc(Cl)cc1[N+](=O)[O-])C(N)=O. The largest absolute Gasteiger partial charge is 0.473 e. The third-order valence-corrected chi connectivity index (χ3v) is 2.31. The summed E-state index contributed by atoms with van der Waals surface area (Å²) in [5.74, 6) is -0.693. The van der Waals surface area contributed by atoms with E-state index >= 15 is 0 Å². The molecule has 1 aromatic rings. The van der Waals surface area contributed by atoms with Crippen molar-refractivity contribution in [2.45, 2.75) is 19.4 Å². The van der Waals surface area contributed by atoms with Crippen molar-refractivity contribution in [3.05, 3.63) is 33.3 Å². The lowest BCUT2D eigenvalue weighted by atomic mass is 10.2. The van der Waals surface area contributed by atoms with E-state index in [0.29, 0.717) is 6.42 Å². The van der Waals surface area contributed by atoms with Crippen LogP contribution in [-0.4, -0.2) is 16.9 Å². The van der Waals surface area contributed by atoms with Crippen LogP contribution in [0.1, 0.15) is 13.3 Å². The number of nitrogens with two attached hydrogens (primary N) is 1. The summed E-state index contributed by atoms with van der Waals surface area (Å²) < 4.78 is 5.20. The van der Waals surface area contributed by atoms with E-state index < -0.39 is 16.9 Å². The predicted octanol–water partition coefficient (Wildman–Crippen LogP) is 1.89. The van der Waals surface area contributed by atoms with Gasteiger partial charge in [0.05, 0.1) is 4.92 Å². The molecule has 17 heavy (non-hydrogen) atoms. The Morgan fingerprint density at radius 3 is 2.76 bits per heavy atom. The molecule has 1 atom stereocenters. The highest BCUT2D eigenvalue weighted by Gasteiger charge is 2.21. The number of nitro benzene ring substituents is 1. The van der Waals surface area contributed by atoms with E-state index in [-0.39, 0.29) is 16.5 Å². The van der Waals surface area contributed by atoms with Gasteiger partial charge in [0.2, 0.25) is 0 Å². The lowest BCUT2D eigenvalue weighted by molar-refractivity contribution is -0.386. The summed E-state index contributed by atoms with van der Waals surface area (Å²) >= 11 is 5.64. The Balaban J connectivity index is 3.05. The fourth-order valence-electron chi connectivity index (χ4n) is 1.23. The average Bonchev–Trinajstić information content (AvgIpc) is 2.26. The molecule has 1 rings (SSSR count). The Labute approximate surface area is 102 Å².